The van der Waals surface area contributed by atoms with Gasteiger partial charge in [-0.25, -0.2) is 4.79 Å². The lowest BCUT2D eigenvalue weighted by Crippen LogP contribution is -2.53. The number of hydrogen-bond acceptors (Lipinski definition) is 7. The van der Waals surface area contributed by atoms with Crippen LogP contribution < -0.4 is 16.4 Å². The number of carbonyl (C=O) groups is 5. The van der Waals surface area contributed by atoms with Gasteiger partial charge >= 0.3 is 12.1 Å². The monoisotopic (exact) mass is 576 g/mol. The third kappa shape index (κ3) is 13.5. The van der Waals surface area contributed by atoms with Crippen molar-refractivity contribution in [3.8, 4) is 0 Å². The summed E-state index contributed by atoms with van der Waals surface area (Å²) in [7, 11) is 1.22. The third-order valence-electron chi connectivity index (χ3n) is 6.38. The first-order chi connectivity index (χ1) is 19.3. The van der Waals surface area contributed by atoms with Crippen LogP contribution in [0.1, 0.15) is 96.2 Å². The van der Waals surface area contributed by atoms with E-state index in [0.717, 1.165) is 37.7 Å². The molecule has 2 atom stereocenters. The van der Waals surface area contributed by atoms with Crippen LogP contribution >= 0.6 is 0 Å². The number of carbonyl (C=O) groups excluding carboxylic acids is 5. The Morgan fingerprint density at radius 3 is 2.22 bits per heavy atom. The van der Waals surface area contributed by atoms with Crippen LogP contribution in [-0.2, 0) is 28.7 Å². The number of esters is 1. The van der Waals surface area contributed by atoms with Crippen molar-refractivity contribution in [2.24, 2.45) is 5.73 Å². The lowest BCUT2D eigenvalue weighted by molar-refractivity contribution is -0.145. The lowest BCUT2D eigenvalue weighted by atomic mass is 9.97. The van der Waals surface area contributed by atoms with E-state index in [2.05, 4.69) is 22.3 Å². The fraction of sp³-hybridized carbons (Fsp3) is 0.633. The molecule has 11 nitrogen and oxygen atoms in total. The van der Waals surface area contributed by atoms with Crippen LogP contribution in [0, 0.1) is 6.92 Å². The van der Waals surface area contributed by atoms with Gasteiger partial charge < -0.3 is 30.7 Å². The van der Waals surface area contributed by atoms with Crippen molar-refractivity contribution >= 4 is 29.8 Å². The number of unbranched alkanes of at least 4 members (excludes halogenated alkanes) is 5. The van der Waals surface area contributed by atoms with E-state index in [1.807, 2.05) is 19.1 Å². The molecule has 4 N–H and O–H groups in total. The molecule has 0 aliphatic rings. The van der Waals surface area contributed by atoms with Crippen LogP contribution in [0.4, 0.5) is 4.79 Å². The Balaban J connectivity index is 3.49. The van der Waals surface area contributed by atoms with Crippen molar-refractivity contribution in [3.05, 3.63) is 35.4 Å². The van der Waals surface area contributed by atoms with E-state index in [1.165, 1.54) is 12.0 Å². The predicted molar refractivity (Wildman–Crippen MR) is 156 cm³/mol. The Morgan fingerprint density at radius 1 is 1.00 bits per heavy atom. The number of nitrogens with one attached hydrogen (secondary N) is 2. The van der Waals surface area contributed by atoms with Crippen LogP contribution in [-0.4, -0.2) is 66.5 Å². The van der Waals surface area contributed by atoms with Crippen LogP contribution in [0.25, 0.3) is 0 Å². The summed E-state index contributed by atoms with van der Waals surface area (Å²) in [6.07, 6.45) is 4.61. The average molecular weight is 577 g/mol. The maximum Gasteiger partial charge on any atom is 0.408 e. The highest BCUT2D eigenvalue weighted by molar-refractivity contribution is 5.93. The van der Waals surface area contributed by atoms with Gasteiger partial charge in [-0.05, 0) is 51.7 Å². The van der Waals surface area contributed by atoms with Crippen molar-refractivity contribution in [3.63, 3.8) is 0 Å². The Labute approximate surface area is 243 Å². The molecule has 0 saturated carbocycles. The largest absolute Gasteiger partial charge is 0.468 e. The first-order valence-electron chi connectivity index (χ1n) is 14.3. The Morgan fingerprint density at radius 2 is 1.63 bits per heavy atom. The number of methoxy groups -OCH3 is 1. The van der Waals surface area contributed by atoms with E-state index < -0.39 is 47.5 Å². The van der Waals surface area contributed by atoms with Crippen molar-refractivity contribution < 1.29 is 33.4 Å². The van der Waals surface area contributed by atoms with Gasteiger partial charge in [-0.3, -0.25) is 19.2 Å². The van der Waals surface area contributed by atoms with Crippen molar-refractivity contribution in [2.45, 2.75) is 104 Å². The molecule has 230 valence electrons. The molecule has 1 rings (SSSR count). The third-order valence-corrected chi connectivity index (χ3v) is 6.38. The zero-order valence-electron chi connectivity index (χ0n) is 25.4. The smallest absolute Gasteiger partial charge is 0.408 e. The molecule has 2 unspecified atom stereocenters. The Hall–Kier alpha value is -3.63. The number of nitrogens with zero attached hydrogens (tertiary/aromatic N) is 1. The summed E-state index contributed by atoms with van der Waals surface area (Å²) in [4.78, 5) is 65.4. The summed E-state index contributed by atoms with van der Waals surface area (Å²) in [6.45, 7) is 8.86. The fourth-order valence-electron chi connectivity index (χ4n) is 4.30. The molecule has 1 aromatic rings. The van der Waals surface area contributed by atoms with E-state index in [0.29, 0.717) is 12.0 Å². The molecule has 0 aliphatic carbocycles. The van der Waals surface area contributed by atoms with Gasteiger partial charge in [0.1, 0.15) is 24.2 Å². The summed E-state index contributed by atoms with van der Waals surface area (Å²) in [5.74, 6) is -2.41. The van der Waals surface area contributed by atoms with E-state index in [1.54, 1.807) is 32.9 Å². The topological polar surface area (TPSA) is 157 Å². The highest BCUT2D eigenvalue weighted by Crippen LogP contribution is 2.27. The van der Waals surface area contributed by atoms with Gasteiger partial charge in [-0.2, -0.15) is 0 Å². The molecule has 1 aromatic carbocycles. The number of nitrogens with two attached hydrogens (primary N) is 1. The van der Waals surface area contributed by atoms with Crippen LogP contribution in [0.15, 0.2) is 24.3 Å². The van der Waals surface area contributed by atoms with Gasteiger partial charge in [-0.1, -0.05) is 63.3 Å². The number of hydrogen-bond donors (Lipinski definition) is 3. The van der Waals surface area contributed by atoms with Gasteiger partial charge in [0, 0.05) is 13.0 Å². The standard InChI is InChI=1S/C30H48N4O7/c1-7-8-9-10-11-14-19-34(28(38)23(17-18-24(31)35)33-29(39)41-30(3,4)5)26(22-16-13-12-15-21(22)2)27(37)32-20-25(36)40-6/h12-13,15-16,23,26H,7-11,14,17-20H2,1-6H3,(H2,31,35)(H,32,37)(H,33,39). The number of benzene rings is 1. The quantitative estimate of drug-likeness (QED) is 0.189. The molecule has 0 radical (unpaired) electrons. The first kappa shape index (κ1) is 35.4. The summed E-state index contributed by atoms with van der Waals surface area (Å²) < 4.78 is 10.0. The molecule has 11 heteroatoms. The second-order valence-corrected chi connectivity index (χ2v) is 11.1. The highest BCUT2D eigenvalue weighted by Gasteiger charge is 2.37. The predicted octanol–water partition coefficient (Wildman–Crippen LogP) is 3.67. The SMILES string of the molecule is CCCCCCCCN(C(=O)C(CCC(N)=O)NC(=O)OC(C)(C)C)C(C(=O)NCC(=O)OC)c1ccccc1C. The van der Waals surface area contributed by atoms with Gasteiger partial charge in [0.15, 0.2) is 0 Å². The molecule has 0 aliphatic heterocycles. The molecule has 0 saturated heterocycles. The summed E-state index contributed by atoms with van der Waals surface area (Å²) in [5, 5.41) is 5.16. The first-order valence-corrected chi connectivity index (χ1v) is 14.3. The number of aryl methyl sites for hydroxylation is 1. The highest BCUT2D eigenvalue weighted by atomic mass is 16.6. The number of rotatable bonds is 17. The molecule has 41 heavy (non-hydrogen) atoms. The maximum atomic E-state index is 14.2. The molecule has 0 bridgehead atoms. The van der Waals surface area contributed by atoms with Crippen LogP contribution in [0.3, 0.4) is 0 Å². The number of ether oxygens (including phenoxy) is 2. The van der Waals surface area contributed by atoms with Gasteiger partial charge in [0.05, 0.1) is 7.11 Å². The zero-order valence-corrected chi connectivity index (χ0v) is 25.4. The van der Waals surface area contributed by atoms with Gasteiger partial charge in [0.25, 0.3) is 0 Å². The molecular weight excluding hydrogens is 528 g/mol. The van der Waals surface area contributed by atoms with Crippen LogP contribution in [0.5, 0.6) is 0 Å². The molecule has 0 aromatic heterocycles. The zero-order chi connectivity index (χ0) is 31.0. The molecular formula is C30H48N4O7. The molecule has 0 spiro atoms. The minimum atomic E-state index is -1.18. The summed E-state index contributed by atoms with van der Waals surface area (Å²) in [5.41, 5.74) is 5.88. The summed E-state index contributed by atoms with van der Waals surface area (Å²) in [6, 6.07) is 4.87. The van der Waals surface area contributed by atoms with Crippen molar-refractivity contribution in [1.82, 2.24) is 15.5 Å². The van der Waals surface area contributed by atoms with E-state index >= 15 is 0 Å². The summed E-state index contributed by atoms with van der Waals surface area (Å²) >= 11 is 0. The number of amides is 4. The lowest BCUT2D eigenvalue weighted by Gasteiger charge is -2.35. The number of primary amides is 1. The number of alkyl carbamates (subject to hydrolysis) is 1. The second kappa shape index (κ2) is 17.9. The Kier molecular flexibility index (Phi) is 15.5. The van der Waals surface area contributed by atoms with Crippen molar-refractivity contribution in [1.29, 1.82) is 0 Å². The second-order valence-electron chi connectivity index (χ2n) is 11.1. The average Bonchev–Trinajstić information content (AvgIpc) is 2.90. The normalized spacial score (nSPS) is 12.5. The van der Waals surface area contributed by atoms with E-state index in [-0.39, 0.29) is 25.9 Å². The van der Waals surface area contributed by atoms with Gasteiger partial charge in [0.2, 0.25) is 17.7 Å². The molecule has 0 heterocycles. The molecule has 0 fully saturated rings. The van der Waals surface area contributed by atoms with Gasteiger partial charge in [-0.15, -0.1) is 0 Å². The maximum absolute atomic E-state index is 14.2. The minimum Gasteiger partial charge on any atom is -0.468 e. The van der Waals surface area contributed by atoms with Crippen molar-refractivity contribution in [2.75, 3.05) is 20.2 Å². The van der Waals surface area contributed by atoms with Crippen LogP contribution in [0.2, 0.25) is 0 Å². The Bertz CT molecular complexity index is 1020. The fourth-order valence-corrected chi connectivity index (χ4v) is 4.30. The minimum absolute atomic E-state index is 0.0787. The molecule has 4 amide bonds. The van der Waals surface area contributed by atoms with E-state index in [4.69, 9.17) is 10.5 Å². The van der Waals surface area contributed by atoms with E-state index in [9.17, 15) is 24.0 Å².